The van der Waals surface area contributed by atoms with Crippen LogP contribution in [0.2, 0.25) is 0 Å². The van der Waals surface area contributed by atoms with Crippen molar-refractivity contribution in [3.05, 3.63) is 24.3 Å². The molecule has 3 atom stereocenters. The van der Waals surface area contributed by atoms with Crippen molar-refractivity contribution >= 4 is 23.7 Å². The molecular weight excluding hydrogens is 416 g/mol. The fourth-order valence-corrected chi connectivity index (χ4v) is 3.39. The second kappa shape index (κ2) is 21.0. The molecule has 0 bridgehead atoms. The average molecular weight is 453 g/mol. The molecule has 0 amide bonds. The first kappa shape index (κ1) is 31.0. The molecular formula is C23H36N2O5S. The lowest BCUT2D eigenvalue weighted by Gasteiger charge is -2.20. The highest BCUT2D eigenvalue weighted by Gasteiger charge is 2.20. The van der Waals surface area contributed by atoms with Crippen LogP contribution in [-0.4, -0.2) is 50.4 Å². The molecule has 0 aliphatic rings. The number of hydrogen-bond acceptors (Lipinski definition) is 6. The number of carboxylic acids is 2. The van der Waals surface area contributed by atoms with Gasteiger partial charge in [0.15, 0.2) is 0 Å². The number of nitrogens with two attached hydrogens (primary N) is 1. The predicted molar refractivity (Wildman–Crippen MR) is 127 cm³/mol. The quantitative estimate of drug-likeness (QED) is 0.153. The third kappa shape index (κ3) is 19.5. The van der Waals surface area contributed by atoms with Gasteiger partial charge in [-0.3, -0.25) is 9.59 Å². The van der Waals surface area contributed by atoms with Gasteiger partial charge in [-0.1, -0.05) is 55.8 Å². The number of aliphatic hydroxyl groups excluding tert-OH is 1. The summed E-state index contributed by atoms with van der Waals surface area (Å²) in [5.41, 5.74) is 5.53. The van der Waals surface area contributed by atoms with Crippen LogP contribution in [0.5, 0.6) is 0 Å². The third-order valence-electron chi connectivity index (χ3n) is 3.96. The highest BCUT2D eigenvalue weighted by atomic mass is 32.2. The average Bonchev–Trinajstić information content (AvgIpc) is 2.70. The van der Waals surface area contributed by atoms with Crippen LogP contribution in [-0.2, 0) is 9.59 Å². The minimum atomic E-state index is -1.10. The third-order valence-corrected chi connectivity index (χ3v) is 5.36. The Hall–Kier alpha value is -2.23. The number of rotatable bonds is 14. The predicted octanol–water partition coefficient (Wildman–Crippen LogP) is 3.37. The van der Waals surface area contributed by atoms with Crippen molar-refractivity contribution in [3.63, 3.8) is 0 Å². The lowest BCUT2D eigenvalue weighted by Crippen LogP contribution is -2.34. The highest BCUT2D eigenvalue weighted by molar-refractivity contribution is 8.00. The van der Waals surface area contributed by atoms with Gasteiger partial charge in [0.25, 0.3) is 0 Å². The van der Waals surface area contributed by atoms with Gasteiger partial charge in [0, 0.05) is 23.8 Å². The van der Waals surface area contributed by atoms with Crippen LogP contribution in [0, 0.1) is 23.7 Å². The van der Waals surface area contributed by atoms with E-state index in [1.807, 2.05) is 0 Å². The number of hydrogen-bond donors (Lipinski definition) is 5. The van der Waals surface area contributed by atoms with E-state index in [1.54, 1.807) is 24.3 Å². The van der Waals surface area contributed by atoms with Crippen molar-refractivity contribution in [2.24, 2.45) is 5.73 Å². The SMILES string of the molecule is CCCCCC#CCC#C/C=C/C=C/[C@@H](SC[C@H](N)C(=O)O)[C@@H](O)CCCC(=O)O.N. The Bertz CT molecular complexity index is 686. The van der Waals surface area contributed by atoms with E-state index in [1.165, 1.54) is 24.6 Å². The van der Waals surface area contributed by atoms with E-state index in [0.717, 1.165) is 12.8 Å². The standard InChI is InChI=1S/C23H33NO5S.H3N/c1-2-3-4-5-6-7-8-9-10-11-12-13-16-21(30-18-19(24)23(28)29)20(25)15-14-17-22(26)27;/h11-13,16,19-21,25H,2-5,8,14-15,17-18,24H2,1H3,(H,26,27)(H,28,29);1H3/b12-11+,16-13+;/t19-,20-,21+;/m0./s1. The molecule has 0 spiro atoms. The molecule has 0 aliphatic carbocycles. The van der Waals surface area contributed by atoms with Crippen LogP contribution in [0.3, 0.4) is 0 Å². The highest BCUT2D eigenvalue weighted by Crippen LogP contribution is 2.21. The van der Waals surface area contributed by atoms with E-state index < -0.39 is 29.3 Å². The minimum Gasteiger partial charge on any atom is -0.481 e. The zero-order valence-electron chi connectivity index (χ0n) is 18.3. The summed E-state index contributed by atoms with van der Waals surface area (Å²) in [5.74, 6) is 10.1. The molecule has 0 aromatic carbocycles. The molecule has 31 heavy (non-hydrogen) atoms. The van der Waals surface area contributed by atoms with Gasteiger partial charge in [-0.2, -0.15) is 0 Å². The maximum absolute atomic E-state index is 10.9. The fourth-order valence-electron chi connectivity index (χ4n) is 2.25. The van der Waals surface area contributed by atoms with Gasteiger partial charge in [0.2, 0.25) is 0 Å². The molecule has 0 heterocycles. The first-order chi connectivity index (χ1) is 14.4. The number of aliphatic carboxylic acids is 2. The molecule has 0 radical (unpaired) electrons. The summed E-state index contributed by atoms with van der Waals surface area (Å²) in [4.78, 5) is 21.5. The van der Waals surface area contributed by atoms with Crippen molar-refractivity contribution in [1.29, 1.82) is 0 Å². The first-order valence-corrected chi connectivity index (χ1v) is 11.2. The van der Waals surface area contributed by atoms with Crippen LogP contribution in [0.15, 0.2) is 24.3 Å². The Morgan fingerprint density at radius 1 is 1.10 bits per heavy atom. The summed E-state index contributed by atoms with van der Waals surface area (Å²) in [7, 11) is 0. The lowest BCUT2D eigenvalue weighted by molar-refractivity contribution is -0.138. The maximum Gasteiger partial charge on any atom is 0.321 e. The van der Waals surface area contributed by atoms with Gasteiger partial charge in [-0.15, -0.1) is 17.7 Å². The van der Waals surface area contributed by atoms with Gasteiger partial charge in [-0.25, -0.2) is 0 Å². The second-order valence-corrected chi connectivity index (χ2v) is 7.86. The molecule has 0 aromatic rings. The van der Waals surface area contributed by atoms with Crippen molar-refractivity contribution in [2.45, 2.75) is 75.7 Å². The number of thioether (sulfide) groups is 1. The van der Waals surface area contributed by atoms with Crippen molar-refractivity contribution in [3.8, 4) is 23.7 Å². The van der Waals surface area contributed by atoms with E-state index in [-0.39, 0.29) is 18.3 Å². The molecule has 7 nitrogen and oxygen atoms in total. The largest absolute Gasteiger partial charge is 0.481 e. The molecule has 8 N–H and O–H groups in total. The van der Waals surface area contributed by atoms with Crippen LogP contribution >= 0.6 is 11.8 Å². The molecule has 0 saturated carbocycles. The van der Waals surface area contributed by atoms with Crippen molar-refractivity contribution < 1.29 is 24.9 Å². The smallest absolute Gasteiger partial charge is 0.321 e. The molecule has 0 saturated heterocycles. The molecule has 0 aliphatic heterocycles. The number of carboxylic acid groups (broad SMARTS) is 2. The number of carbonyl (C=O) groups is 2. The summed E-state index contributed by atoms with van der Waals surface area (Å²) in [6.07, 6.45) is 11.7. The molecule has 0 aromatic heterocycles. The topological polar surface area (TPSA) is 156 Å². The monoisotopic (exact) mass is 452 g/mol. The van der Waals surface area contributed by atoms with E-state index in [4.69, 9.17) is 15.9 Å². The summed E-state index contributed by atoms with van der Waals surface area (Å²) >= 11 is 1.23. The Balaban J connectivity index is 0. The van der Waals surface area contributed by atoms with Gasteiger partial charge >= 0.3 is 11.9 Å². The van der Waals surface area contributed by atoms with E-state index in [9.17, 15) is 14.7 Å². The second-order valence-electron chi connectivity index (χ2n) is 6.65. The van der Waals surface area contributed by atoms with E-state index in [0.29, 0.717) is 19.3 Å². The first-order valence-electron chi connectivity index (χ1n) is 10.2. The van der Waals surface area contributed by atoms with Crippen molar-refractivity contribution in [1.82, 2.24) is 6.15 Å². The number of aliphatic hydroxyl groups is 1. The van der Waals surface area contributed by atoms with Crippen LogP contribution in [0.1, 0.15) is 58.3 Å². The van der Waals surface area contributed by atoms with Crippen LogP contribution in [0.25, 0.3) is 0 Å². The van der Waals surface area contributed by atoms with Gasteiger partial charge in [0.1, 0.15) is 6.04 Å². The Morgan fingerprint density at radius 3 is 2.48 bits per heavy atom. The Labute approximate surface area is 190 Å². The number of unbranched alkanes of at least 4 members (excludes halogenated alkanes) is 3. The van der Waals surface area contributed by atoms with Gasteiger partial charge in [-0.05, 0) is 25.3 Å². The summed E-state index contributed by atoms with van der Waals surface area (Å²) in [5, 5.41) is 27.6. The fraction of sp³-hybridized carbons (Fsp3) is 0.565. The van der Waals surface area contributed by atoms with Crippen molar-refractivity contribution in [2.75, 3.05) is 5.75 Å². The zero-order valence-corrected chi connectivity index (χ0v) is 19.1. The summed E-state index contributed by atoms with van der Waals surface area (Å²) in [6, 6.07) is -1.03. The summed E-state index contributed by atoms with van der Waals surface area (Å²) in [6.45, 7) is 2.16. The van der Waals surface area contributed by atoms with Crippen LogP contribution in [0.4, 0.5) is 0 Å². The number of allylic oxidation sites excluding steroid dienone is 3. The van der Waals surface area contributed by atoms with Gasteiger partial charge < -0.3 is 27.2 Å². The van der Waals surface area contributed by atoms with E-state index >= 15 is 0 Å². The molecule has 8 heteroatoms. The lowest BCUT2D eigenvalue weighted by atomic mass is 10.1. The molecule has 0 unspecified atom stereocenters. The Kier molecular flexibility index (Phi) is 21.0. The molecule has 0 rings (SSSR count). The zero-order chi connectivity index (χ0) is 22.6. The molecule has 0 fully saturated rings. The van der Waals surface area contributed by atoms with Crippen LogP contribution < -0.4 is 11.9 Å². The van der Waals surface area contributed by atoms with E-state index in [2.05, 4.69) is 30.6 Å². The minimum absolute atomic E-state index is 0. The van der Waals surface area contributed by atoms with Gasteiger partial charge in [0.05, 0.1) is 12.5 Å². The normalized spacial score (nSPS) is 13.4. The summed E-state index contributed by atoms with van der Waals surface area (Å²) < 4.78 is 0. The molecule has 174 valence electrons. The maximum atomic E-state index is 10.9. The Morgan fingerprint density at radius 2 is 1.84 bits per heavy atom.